The zero-order valence-electron chi connectivity index (χ0n) is 10.2. The van der Waals surface area contributed by atoms with E-state index < -0.39 is 11.6 Å². The number of piperazine rings is 1. The molecule has 0 aromatic heterocycles. The molecule has 5 heteroatoms. The minimum atomic E-state index is -0.485. The molecule has 98 valence electrons. The fourth-order valence-corrected chi connectivity index (χ4v) is 2.14. The molecule has 0 bridgehead atoms. The second-order valence-electron chi connectivity index (χ2n) is 4.41. The average molecular weight is 254 g/mol. The van der Waals surface area contributed by atoms with Crippen molar-refractivity contribution in [3.8, 4) is 0 Å². The quantitative estimate of drug-likeness (QED) is 0.890. The van der Waals surface area contributed by atoms with Gasteiger partial charge in [0, 0.05) is 25.2 Å². The van der Waals surface area contributed by atoms with Crippen molar-refractivity contribution in [2.24, 2.45) is 0 Å². The molecule has 1 amide bonds. The molecule has 1 aromatic rings. The Morgan fingerprint density at radius 2 is 2.22 bits per heavy atom. The number of carbonyl (C=O) groups is 1. The summed E-state index contributed by atoms with van der Waals surface area (Å²) >= 11 is 0. The summed E-state index contributed by atoms with van der Waals surface area (Å²) in [5.41, 5.74) is 0.222. The van der Waals surface area contributed by atoms with E-state index in [9.17, 15) is 13.6 Å². The third-order valence-corrected chi connectivity index (χ3v) is 3.16. The van der Waals surface area contributed by atoms with Crippen LogP contribution in [0.2, 0.25) is 0 Å². The molecule has 1 aliphatic heterocycles. The molecule has 1 aromatic carbocycles. The number of nitrogens with zero attached hydrogens (tertiary/aromatic N) is 1. The zero-order chi connectivity index (χ0) is 13.1. The lowest BCUT2D eigenvalue weighted by atomic mass is 10.1. The van der Waals surface area contributed by atoms with Crippen LogP contribution in [0, 0.1) is 11.6 Å². The zero-order valence-corrected chi connectivity index (χ0v) is 10.2. The summed E-state index contributed by atoms with van der Waals surface area (Å²) < 4.78 is 26.6. The molecule has 3 nitrogen and oxygen atoms in total. The van der Waals surface area contributed by atoms with Crippen LogP contribution in [-0.4, -0.2) is 29.9 Å². The SMILES string of the molecule is CCC1NCCN(Cc2cc(F)ccc2F)C1=O. The summed E-state index contributed by atoms with van der Waals surface area (Å²) in [5.74, 6) is -1.01. The molecular weight excluding hydrogens is 238 g/mol. The maximum absolute atomic E-state index is 13.5. The van der Waals surface area contributed by atoms with Crippen molar-refractivity contribution in [3.63, 3.8) is 0 Å². The summed E-state index contributed by atoms with van der Waals surface area (Å²) in [6.45, 7) is 3.24. The number of hydrogen-bond donors (Lipinski definition) is 1. The molecule has 1 aliphatic rings. The highest BCUT2D eigenvalue weighted by Crippen LogP contribution is 2.15. The maximum atomic E-state index is 13.5. The van der Waals surface area contributed by atoms with Gasteiger partial charge in [-0.3, -0.25) is 4.79 Å². The van der Waals surface area contributed by atoms with Crippen LogP contribution in [0.4, 0.5) is 8.78 Å². The van der Waals surface area contributed by atoms with Crippen LogP contribution in [0.1, 0.15) is 18.9 Å². The Kier molecular flexibility index (Phi) is 3.91. The lowest BCUT2D eigenvalue weighted by Crippen LogP contribution is -2.54. The fraction of sp³-hybridized carbons (Fsp3) is 0.462. The molecule has 1 saturated heterocycles. The summed E-state index contributed by atoms with van der Waals surface area (Å²) in [7, 11) is 0. The second kappa shape index (κ2) is 5.44. The van der Waals surface area contributed by atoms with Crippen LogP contribution >= 0.6 is 0 Å². The van der Waals surface area contributed by atoms with Gasteiger partial charge in [-0.2, -0.15) is 0 Å². The number of amides is 1. The Hall–Kier alpha value is -1.49. The van der Waals surface area contributed by atoms with Gasteiger partial charge in [-0.15, -0.1) is 0 Å². The van der Waals surface area contributed by atoms with Gasteiger partial charge in [-0.1, -0.05) is 6.92 Å². The van der Waals surface area contributed by atoms with Gasteiger partial charge in [0.25, 0.3) is 0 Å². The number of benzene rings is 1. The van der Waals surface area contributed by atoms with Crippen molar-refractivity contribution < 1.29 is 13.6 Å². The predicted octanol–water partition coefficient (Wildman–Crippen LogP) is 1.68. The van der Waals surface area contributed by atoms with E-state index in [1.54, 1.807) is 4.90 Å². The van der Waals surface area contributed by atoms with E-state index in [2.05, 4.69) is 5.32 Å². The van der Waals surface area contributed by atoms with Crippen molar-refractivity contribution in [3.05, 3.63) is 35.4 Å². The van der Waals surface area contributed by atoms with E-state index in [1.165, 1.54) is 0 Å². The van der Waals surface area contributed by atoms with Crippen LogP contribution < -0.4 is 5.32 Å². The molecule has 2 rings (SSSR count). The molecule has 1 unspecified atom stereocenters. The Morgan fingerprint density at radius 3 is 2.94 bits per heavy atom. The number of nitrogens with one attached hydrogen (secondary N) is 1. The van der Waals surface area contributed by atoms with Crippen LogP contribution in [0.15, 0.2) is 18.2 Å². The van der Waals surface area contributed by atoms with E-state index >= 15 is 0 Å². The van der Waals surface area contributed by atoms with Gasteiger partial charge in [0.1, 0.15) is 11.6 Å². The van der Waals surface area contributed by atoms with Crippen molar-refractivity contribution in [2.45, 2.75) is 25.9 Å². The van der Waals surface area contributed by atoms with Crippen molar-refractivity contribution >= 4 is 5.91 Å². The van der Waals surface area contributed by atoms with E-state index in [0.29, 0.717) is 19.5 Å². The Bertz CT molecular complexity index is 451. The summed E-state index contributed by atoms with van der Waals surface area (Å²) in [5, 5.41) is 3.10. The van der Waals surface area contributed by atoms with Gasteiger partial charge >= 0.3 is 0 Å². The molecule has 0 spiro atoms. The lowest BCUT2D eigenvalue weighted by molar-refractivity contribution is -0.136. The van der Waals surface area contributed by atoms with E-state index in [1.807, 2.05) is 6.92 Å². The third kappa shape index (κ3) is 2.67. The van der Waals surface area contributed by atoms with Crippen LogP contribution in [0.5, 0.6) is 0 Å². The highest BCUT2D eigenvalue weighted by atomic mass is 19.1. The molecule has 0 aliphatic carbocycles. The molecule has 1 heterocycles. The van der Waals surface area contributed by atoms with Gasteiger partial charge in [-0.05, 0) is 24.6 Å². The number of carbonyl (C=O) groups excluding carboxylic acids is 1. The number of hydrogen-bond acceptors (Lipinski definition) is 2. The highest BCUT2D eigenvalue weighted by molar-refractivity contribution is 5.82. The summed E-state index contributed by atoms with van der Waals surface area (Å²) in [6, 6.07) is 3.10. The third-order valence-electron chi connectivity index (χ3n) is 3.16. The summed E-state index contributed by atoms with van der Waals surface area (Å²) in [6.07, 6.45) is 0.695. The first-order valence-electron chi connectivity index (χ1n) is 6.08. The monoisotopic (exact) mass is 254 g/mol. The van der Waals surface area contributed by atoms with Gasteiger partial charge in [-0.25, -0.2) is 8.78 Å². The smallest absolute Gasteiger partial charge is 0.240 e. The molecule has 18 heavy (non-hydrogen) atoms. The predicted molar refractivity (Wildman–Crippen MR) is 63.9 cm³/mol. The number of rotatable bonds is 3. The minimum absolute atomic E-state index is 0.0487. The summed E-state index contributed by atoms with van der Waals surface area (Å²) in [4.78, 5) is 13.6. The molecule has 1 N–H and O–H groups in total. The highest BCUT2D eigenvalue weighted by Gasteiger charge is 2.27. The fourth-order valence-electron chi connectivity index (χ4n) is 2.14. The maximum Gasteiger partial charge on any atom is 0.240 e. The van der Waals surface area contributed by atoms with Crippen LogP contribution in [0.3, 0.4) is 0 Å². The van der Waals surface area contributed by atoms with Crippen LogP contribution in [-0.2, 0) is 11.3 Å². The van der Waals surface area contributed by atoms with Crippen molar-refractivity contribution in [1.82, 2.24) is 10.2 Å². The van der Waals surface area contributed by atoms with E-state index in [4.69, 9.17) is 0 Å². The number of halogens is 2. The minimum Gasteiger partial charge on any atom is -0.336 e. The van der Waals surface area contributed by atoms with Gasteiger partial charge < -0.3 is 10.2 Å². The topological polar surface area (TPSA) is 32.3 Å². The molecule has 0 saturated carbocycles. The standard InChI is InChI=1S/C13H16F2N2O/c1-2-12-13(18)17(6-5-16-12)8-9-7-10(14)3-4-11(9)15/h3-4,7,12,16H,2,5-6,8H2,1H3. The Morgan fingerprint density at radius 1 is 1.44 bits per heavy atom. The molecule has 1 fully saturated rings. The molecular formula is C13H16F2N2O. The lowest BCUT2D eigenvalue weighted by Gasteiger charge is -2.32. The van der Waals surface area contributed by atoms with Gasteiger partial charge in [0.2, 0.25) is 5.91 Å². The first kappa shape index (κ1) is 13.0. The largest absolute Gasteiger partial charge is 0.336 e. The van der Waals surface area contributed by atoms with Crippen molar-refractivity contribution in [2.75, 3.05) is 13.1 Å². The van der Waals surface area contributed by atoms with Gasteiger partial charge in [0.15, 0.2) is 0 Å². The van der Waals surface area contributed by atoms with Gasteiger partial charge in [0.05, 0.1) is 6.04 Å². The first-order valence-corrected chi connectivity index (χ1v) is 6.08. The molecule has 0 radical (unpaired) electrons. The van der Waals surface area contributed by atoms with E-state index in [0.717, 1.165) is 18.2 Å². The Labute approximate surface area is 105 Å². The second-order valence-corrected chi connectivity index (χ2v) is 4.41. The Balaban J connectivity index is 2.13. The van der Waals surface area contributed by atoms with Crippen molar-refractivity contribution in [1.29, 1.82) is 0 Å². The molecule has 1 atom stereocenters. The van der Waals surface area contributed by atoms with E-state index in [-0.39, 0.29) is 24.1 Å². The first-order chi connectivity index (χ1) is 8.61. The average Bonchev–Trinajstić information content (AvgIpc) is 2.36. The normalized spacial score (nSPS) is 20.3. The van der Waals surface area contributed by atoms with Crippen LogP contribution in [0.25, 0.3) is 0 Å².